The topological polar surface area (TPSA) is 110 Å². The molecular weight excluding hydrogens is 368 g/mol. The Morgan fingerprint density at radius 3 is 2.56 bits per heavy atom. The van der Waals surface area contributed by atoms with E-state index in [2.05, 4.69) is 20.2 Å². The number of aromatic nitrogens is 4. The van der Waals surface area contributed by atoms with Crippen LogP contribution in [0.25, 0.3) is 17.5 Å². The maximum absolute atomic E-state index is 11.5. The van der Waals surface area contributed by atoms with Gasteiger partial charge >= 0.3 is 5.97 Å². The van der Waals surface area contributed by atoms with E-state index in [0.717, 1.165) is 11.8 Å². The summed E-state index contributed by atoms with van der Waals surface area (Å²) in [6.45, 7) is 0. The SMILES string of the molecule is COc1cc(OC)cc(-c2nc(S/C(=C/c3cccnc3)C(=O)O)n[nH]2)c1. The fourth-order valence-corrected chi connectivity index (χ4v) is 2.92. The molecule has 3 aromatic rings. The number of H-pyrrole nitrogens is 1. The Hall–Kier alpha value is -3.33. The number of aliphatic carboxylic acids is 1. The molecule has 0 unspecified atom stereocenters. The third-order valence-electron chi connectivity index (χ3n) is 3.48. The van der Waals surface area contributed by atoms with E-state index in [1.807, 2.05) is 0 Å². The number of rotatable bonds is 7. The molecular formula is C18H16N4O4S. The average molecular weight is 384 g/mol. The zero-order chi connectivity index (χ0) is 19.2. The van der Waals surface area contributed by atoms with Crippen molar-refractivity contribution in [3.05, 3.63) is 53.2 Å². The van der Waals surface area contributed by atoms with E-state index in [0.29, 0.717) is 28.5 Å². The molecule has 0 fully saturated rings. The Bertz CT molecular complexity index is 950. The van der Waals surface area contributed by atoms with Crippen LogP contribution in [0.1, 0.15) is 5.56 Å². The van der Waals surface area contributed by atoms with Crippen LogP contribution in [-0.2, 0) is 4.79 Å². The molecule has 27 heavy (non-hydrogen) atoms. The van der Waals surface area contributed by atoms with Crippen molar-refractivity contribution in [2.24, 2.45) is 0 Å². The number of carboxylic acid groups (broad SMARTS) is 1. The van der Waals surface area contributed by atoms with Crippen molar-refractivity contribution >= 4 is 23.8 Å². The van der Waals surface area contributed by atoms with E-state index in [1.54, 1.807) is 56.9 Å². The normalized spacial score (nSPS) is 11.3. The number of aromatic amines is 1. The molecule has 0 amide bonds. The van der Waals surface area contributed by atoms with Gasteiger partial charge in [0.1, 0.15) is 16.4 Å². The minimum Gasteiger partial charge on any atom is -0.497 e. The van der Waals surface area contributed by atoms with Gasteiger partial charge in [-0.25, -0.2) is 9.78 Å². The zero-order valence-corrected chi connectivity index (χ0v) is 15.4. The van der Waals surface area contributed by atoms with Crippen molar-refractivity contribution in [1.82, 2.24) is 20.2 Å². The molecule has 8 nitrogen and oxygen atoms in total. The minimum atomic E-state index is -1.07. The second kappa shape index (κ2) is 8.37. The standard InChI is InChI=1S/C18H16N4O4S/c1-25-13-7-12(8-14(9-13)26-2)16-20-18(22-21-16)27-15(17(23)24)6-11-4-3-5-19-10-11/h3-10H,1-2H3,(H,23,24)(H,20,21,22)/b15-6+. The van der Waals surface area contributed by atoms with Crippen molar-refractivity contribution in [3.63, 3.8) is 0 Å². The number of benzene rings is 1. The molecule has 2 aromatic heterocycles. The van der Waals surface area contributed by atoms with Gasteiger partial charge in [0, 0.05) is 24.0 Å². The van der Waals surface area contributed by atoms with Gasteiger partial charge in [-0.15, -0.1) is 5.10 Å². The van der Waals surface area contributed by atoms with Gasteiger partial charge in [-0.1, -0.05) is 6.07 Å². The molecule has 0 saturated heterocycles. The molecule has 0 aliphatic carbocycles. The van der Waals surface area contributed by atoms with Gasteiger partial charge in [-0.05, 0) is 41.6 Å². The lowest BCUT2D eigenvalue weighted by Gasteiger charge is -2.06. The Morgan fingerprint density at radius 1 is 1.22 bits per heavy atom. The fourth-order valence-electron chi connectivity index (χ4n) is 2.21. The van der Waals surface area contributed by atoms with E-state index < -0.39 is 5.97 Å². The summed E-state index contributed by atoms with van der Waals surface area (Å²) in [4.78, 5) is 20.0. The third-order valence-corrected chi connectivity index (χ3v) is 4.36. The van der Waals surface area contributed by atoms with Crippen LogP contribution in [0.4, 0.5) is 0 Å². The van der Waals surface area contributed by atoms with Crippen LogP contribution in [-0.4, -0.2) is 45.5 Å². The number of pyridine rings is 1. The highest BCUT2D eigenvalue weighted by molar-refractivity contribution is 8.04. The second-order valence-electron chi connectivity index (χ2n) is 5.27. The lowest BCUT2D eigenvalue weighted by molar-refractivity contribution is -0.131. The Morgan fingerprint density at radius 2 is 1.96 bits per heavy atom. The van der Waals surface area contributed by atoms with E-state index in [-0.39, 0.29) is 10.1 Å². The highest BCUT2D eigenvalue weighted by Gasteiger charge is 2.15. The molecule has 3 rings (SSSR count). The predicted octanol–water partition coefficient (Wildman–Crippen LogP) is 3.10. The van der Waals surface area contributed by atoms with Crippen molar-refractivity contribution < 1.29 is 19.4 Å². The molecule has 2 heterocycles. The van der Waals surface area contributed by atoms with Crippen LogP contribution in [0.2, 0.25) is 0 Å². The van der Waals surface area contributed by atoms with Gasteiger partial charge in [-0.2, -0.15) is 0 Å². The molecule has 0 bridgehead atoms. The summed E-state index contributed by atoms with van der Waals surface area (Å²) in [6.07, 6.45) is 4.72. The first kappa shape index (κ1) is 18.5. The van der Waals surface area contributed by atoms with Crippen LogP contribution in [0.5, 0.6) is 11.5 Å². The van der Waals surface area contributed by atoms with Crippen molar-refractivity contribution in [2.75, 3.05) is 14.2 Å². The molecule has 0 saturated carbocycles. The third kappa shape index (κ3) is 4.64. The van der Waals surface area contributed by atoms with Gasteiger partial charge in [0.2, 0.25) is 5.16 Å². The van der Waals surface area contributed by atoms with E-state index >= 15 is 0 Å². The summed E-state index contributed by atoms with van der Waals surface area (Å²) in [5, 5.41) is 16.6. The summed E-state index contributed by atoms with van der Waals surface area (Å²) < 4.78 is 10.5. The molecule has 138 valence electrons. The Balaban J connectivity index is 1.87. The first-order valence-corrected chi connectivity index (χ1v) is 8.59. The second-order valence-corrected chi connectivity index (χ2v) is 6.28. The van der Waals surface area contributed by atoms with Gasteiger partial charge in [-0.3, -0.25) is 10.1 Å². The van der Waals surface area contributed by atoms with Crippen molar-refractivity contribution in [3.8, 4) is 22.9 Å². The molecule has 0 spiro atoms. The number of carboxylic acids is 1. The molecule has 0 aliphatic heterocycles. The summed E-state index contributed by atoms with van der Waals surface area (Å²) in [5.41, 5.74) is 1.38. The van der Waals surface area contributed by atoms with Crippen LogP contribution >= 0.6 is 11.8 Å². The quantitative estimate of drug-likeness (QED) is 0.472. The van der Waals surface area contributed by atoms with E-state index in [1.165, 1.54) is 6.08 Å². The van der Waals surface area contributed by atoms with Gasteiger partial charge < -0.3 is 14.6 Å². The van der Waals surface area contributed by atoms with Gasteiger partial charge in [0.05, 0.1) is 14.2 Å². The lowest BCUT2D eigenvalue weighted by Crippen LogP contribution is -1.97. The smallest absolute Gasteiger partial charge is 0.342 e. The predicted molar refractivity (Wildman–Crippen MR) is 101 cm³/mol. The maximum atomic E-state index is 11.5. The van der Waals surface area contributed by atoms with Crippen molar-refractivity contribution in [2.45, 2.75) is 5.16 Å². The van der Waals surface area contributed by atoms with Gasteiger partial charge in [0.25, 0.3) is 0 Å². The number of ether oxygens (including phenoxy) is 2. The molecule has 9 heteroatoms. The number of nitrogens with one attached hydrogen (secondary N) is 1. The van der Waals surface area contributed by atoms with Crippen LogP contribution < -0.4 is 9.47 Å². The van der Waals surface area contributed by atoms with Crippen LogP contribution in [0.15, 0.2) is 52.8 Å². The summed E-state index contributed by atoms with van der Waals surface area (Å²) in [5.74, 6) is 0.620. The number of hydrogen-bond donors (Lipinski definition) is 2. The van der Waals surface area contributed by atoms with Crippen molar-refractivity contribution in [1.29, 1.82) is 0 Å². The number of nitrogens with zero attached hydrogens (tertiary/aromatic N) is 3. The first-order chi connectivity index (χ1) is 13.1. The number of methoxy groups -OCH3 is 2. The summed E-state index contributed by atoms with van der Waals surface area (Å²) >= 11 is 0.945. The van der Waals surface area contributed by atoms with E-state index in [9.17, 15) is 9.90 Å². The monoisotopic (exact) mass is 384 g/mol. The molecule has 1 aromatic carbocycles. The fraction of sp³-hybridized carbons (Fsp3) is 0.111. The average Bonchev–Trinajstić information content (AvgIpc) is 3.16. The highest BCUT2D eigenvalue weighted by Crippen LogP contribution is 2.30. The zero-order valence-electron chi connectivity index (χ0n) is 14.5. The molecule has 0 atom stereocenters. The highest BCUT2D eigenvalue weighted by atomic mass is 32.2. The largest absolute Gasteiger partial charge is 0.497 e. The van der Waals surface area contributed by atoms with Gasteiger partial charge in [0.15, 0.2) is 5.82 Å². The lowest BCUT2D eigenvalue weighted by atomic mass is 10.2. The van der Waals surface area contributed by atoms with E-state index in [4.69, 9.17) is 9.47 Å². The number of carbonyl (C=O) groups is 1. The first-order valence-electron chi connectivity index (χ1n) is 7.77. The molecule has 0 aliphatic rings. The molecule has 0 radical (unpaired) electrons. The number of thioether (sulfide) groups is 1. The van der Waals surface area contributed by atoms with Crippen LogP contribution in [0.3, 0.4) is 0 Å². The Labute approximate surface area is 159 Å². The summed E-state index contributed by atoms with van der Waals surface area (Å²) in [6, 6.07) is 8.80. The number of hydrogen-bond acceptors (Lipinski definition) is 7. The maximum Gasteiger partial charge on any atom is 0.342 e. The minimum absolute atomic E-state index is 0.0803. The molecule has 2 N–H and O–H groups in total. The Kier molecular flexibility index (Phi) is 5.72. The van der Waals surface area contributed by atoms with Crippen LogP contribution in [0, 0.1) is 0 Å². The summed E-state index contributed by atoms with van der Waals surface area (Å²) in [7, 11) is 3.12.